The Bertz CT molecular complexity index is 804. The van der Waals surface area contributed by atoms with Crippen LogP contribution in [-0.4, -0.2) is 40.0 Å². The van der Waals surface area contributed by atoms with Crippen LogP contribution in [0.5, 0.6) is 0 Å². The molecule has 1 N–H and O–H groups in total. The number of aliphatic carboxylic acids is 1. The fourth-order valence-corrected chi connectivity index (χ4v) is 4.43. The highest BCUT2D eigenvalue weighted by Gasteiger charge is 2.27. The summed E-state index contributed by atoms with van der Waals surface area (Å²) in [6, 6.07) is 7.43. The zero-order valence-corrected chi connectivity index (χ0v) is 16.1. The van der Waals surface area contributed by atoms with E-state index in [1.54, 1.807) is 0 Å². The summed E-state index contributed by atoms with van der Waals surface area (Å²) in [4.78, 5) is 30.8. The molecule has 0 radical (unpaired) electrons. The summed E-state index contributed by atoms with van der Waals surface area (Å²) in [7, 11) is 0. The molecule has 0 aliphatic carbocycles. The van der Waals surface area contributed by atoms with Gasteiger partial charge in [0.25, 0.3) is 5.91 Å². The summed E-state index contributed by atoms with van der Waals surface area (Å²) < 4.78 is 0. The lowest BCUT2D eigenvalue weighted by Crippen LogP contribution is -2.40. The van der Waals surface area contributed by atoms with Gasteiger partial charge in [0.1, 0.15) is 9.88 Å². The summed E-state index contributed by atoms with van der Waals surface area (Å²) in [5, 5.41) is 10.3. The van der Waals surface area contributed by atoms with Crippen LogP contribution in [0.3, 0.4) is 0 Å². The Morgan fingerprint density at radius 2 is 2.08 bits per heavy atom. The number of carboxylic acid groups (broad SMARTS) is 1. The predicted octanol–water partition coefficient (Wildman–Crippen LogP) is 4.49. The first-order chi connectivity index (χ1) is 12.4. The number of halogens is 1. The van der Waals surface area contributed by atoms with Gasteiger partial charge in [-0.2, -0.15) is 0 Å². The Morgan fingerprint density at radius 1 is 1.35 bits per heavy atom. The van der Waals surface area contributed by atoms with Crippen molar-refractivity contribution in [2.24, 2.45) is 5.92 Å². The van der Waals surface area contributed by atoms with Gasteiger partial charge in [-0.3, -0.25) is 9.59 Å². The lowest BCUT2D eigenvalue weighted by atomic mass is 9.93. The molecule has 1 aromatic heterocycles. The van der Waals surface area contributed by atoms with Crippen molar-refractivity contribution in [1.29, 1.82) is 0 Å². The van der Waals surface area contributed by atoms with Crippen molar-refractivity contribution in [2.45, 2.75) is 32.6 Å². The van der Waals surface area contributed by atoms with Crippen molar-refractivity contribution in [3.8, 4) is 10.6 Å². The molecule has 1 atom stereocenters. The van der Waals surface area contributed by atoms with E-state index in [1.807, 2.05) is 36.1 Å². The largest absolute Gasteiger partial charge is 0.481 e. The summed E-state index contributed by atoms with van der Waals surface area (Å²) in [6.45, 7) is 3.20. The second-order valence-electron chi connectivity index (χ2n) is 6.63. The van der Waals surface area contributed by atoms with Crippen LogP contribution in [0.1, 0.15) is 41.0 Å². The van der Waals surface area contributed by atoms with Gasteiger partial charge in [-0.25, -0.2) is 4.98 Å². The topological polar surface area (TPSA) is 70.5 Å². The summed E-state index contributed by atoms with van der Waals surface area (Å²) >= 11 is 7.33. The first kappa shape index (κ1) is 18.9. The molecule has 2 aromatic rings. The quantitative estimate of drug-likeness (QED) is 0.813. The van der Waals surface area contributed by atoms with Crippen LogP contribution in [-0.2, 0) is 4.79 Å². The molecule has 3 rings (SSSR count). The van der Waals surface area contributed by atoms with Gasteiger partial charge >= 0.3 is 5.97 Å². The number of piperidine rings is 1. The smallest absolute Gasteiger partial charge is 0.303 e. The third kappa shape index (κ3) is 4.43. The Morgan fingerprint density at radius 3 is 2.77 bits per heavy atom. The van der Waals surface area contributed by atoms with Crippen LogP contribution in [0.4, 0.5) is 0 Å². The maximum atomic E-state index is 13.0. The molecule has 2 heterocycles. The van der Waals surface area contributed by atoms with Gasteiger partial charge in [0.05, 0.1) is 5.69 Å². The van der Waals surface area contributed by atoms with Crippen molar-refractivity contribution in [2.75, 3.05) is 13.1 Å². The van der Waals surface area contributed by atoms with Gasteiger partial charge in [-0.15, -0.1) is 11.3 Å². The van der Waals surface area contributed by atoms with E-state index in [0.29, 0.717) is 22.9 Å². The third-order valence-electron chi connectivity index (χ3n) is 4.65. The molecular formula is C19H21ClN2O3S. The monoisotopic (exact) mass is 392 g/mol. The molecule has 1 amide bonds. The first-order valence-electron chi connectivity index (χ1n) is 8.68. The van der Waals surface area contributed by atoms with Crippen LogP contribution in [0.25, 0.3) is 10.6 Å². The highest BCUT2D eigenvalue weighted by atomic mass is 35.5. The van der Waals surface area contributed by atoms with Crippen LogP contribution >= 0.6 is 22.9 Å². The average Bonchev–Trinajstić information content (AvgIpc) is 3.02. The molecule has 1 saturated heterocycles. The number of carbonyl (C=O) groups is 2. The van der Waals surface area contributed by atoms with Gasteiger partial charge in [0.2, 0.25) is 0 Å². The normalized spacial score (nSPS) is 17.3. The van der Waals surface area contributed by atoms with E-state index in [4.69, 9.17) is 16.7 Å². The number of aromatic nitrogens is 1. The highest BCUT2D eigenvalue weighted by molar-refractivity contribution is 7.17. The summed E-state index contributed by atoms with van der Waals surface area (Å²) in [5.74, 6) is -0.521. The minimum absolute atomic E-state index is 0.000221. The van der Waals surface area contributed by atoms with Crippen LogP contribution in [0.15, 0.2) is 24.3 Å². The van der Waals surface area contributed by atoms with Crippen molar-refractivity contribution < 1.29 is 14.7 Å². The number of carbonyl (C=O) groups excluding carboxylic acids is 1. The Balaban J connectivity index is 1.73. The summed E-state index contributed by atoms with van der Waals surface area (Å²) in [5.41, 5.74) is 1.68. The SMILES string of the molecule is Cc1nc(-c2ccc(Cl)cc2)sc1C(=O)N1CCCC(CCC(=O)O)C1. The molecule has 0 bridgehead atoms. The van der Waals surface area contributed by atoms with Gasteiger partial charge in [0, 0.05) is 30.1 Å². The van der Waals surface area contributed by atoms with Crippen LogP contribution in [0.2, 0.25) is 5.02 Å². The predicted molar refractivity (Wildman–Crippen MR) is 103 cm³/mol. The maximum absolute atomic E-state index is 13.0. The molecule has 0 saturated carbocycles. The molecule has 1 aliphatic rings. The molecule has 5 nitrogen and oxygen atoms in total. The number of rotatable bonds is 5. The number of aryl methyl sites for hydroxylation is 1. The van der Waals surface area contributed by atoms with Crippen LogP contribution in [0, 0.1) is 12.8 Å². The zero-order valence-electron chi connectivity index (χ0n) is 14.6. The number of amides is 1. The number of thiazole rings is 1. The van der Waals surface area contributed by atoms with E-state index in [-0.39, 0.29) is 18.2 Å². The number of hydrogen-bond acceptors (Lipinski definition) is 4. The van der Waals surface area contributed by atoms with Crippen molar-refractivity contribution in [3.05, 3.63) is 39.9 Å². The van der Waals surface area contributed by atoms with Crippen LogP contribution < -0.4 is 0 Å². The third-order valence-corrected chi connectivity index (χ3v) is 6.10. The Labute approximate surface area is 161 Å². The van der Waals surface area contributed by atoms with E-state index in [1.165, 1.54) is 11.3 Å². The molecular weight excluding hydrogens is 372 g/mol. The van der Waals surface area contributed by atoms with E-state index in [9.17, 15) is 9.59 Å². The number of likely N-dealkylation sites (tertiary alicyclic amines) is 1. The number of benzene rings is 1. The second-order valence-corrected chi connectivity index (χ2v) is 8.07. The molecule has 1 unspecified atom stereocenters. The van der Waals surface area contributed by atoms with Gasteiger partial charge < -0.3 is 10.0 Å². The molecule has 1 aliphatic heterocycles. The number of nitrogens with zero attached hydrogens (tertiary/aromatic N) is 2. The minimum atomic E-state index is -0.778. The summed E-state index contributed by atoms with van der Waals surface area (Å²) in [6.07, 6.45) is 2.68. The Kier molecular flexibility index (Phi) is 5.94. The molecule has 138 valence electrons. The zero-order chi connectivity index (χ0) is 18.7. The molecule has 1 aromatic carbocycles. The molecule has 1 fully saturated rings. The van der Waals surface area contributed by atoms with E-state index in [0.717, 1.165) is 35.7 Å². The fourth-order valence-electron chi connectivity index (χ4n) is 3.27. The lowest BCUT2D eigenvalue weighted by Gasteiger charge is -2.32. The molecule has 26 heavy (non-hydrogen) atoms. The fraction of sp³-hybridized carbons (Fsp3) is 0.421. The van der Waals surface area contributed by atoms with Gasteiger partial charge in [-0.05, 0) is 44.2 Å². The lowest BCUT2D eigenvalue weighted by molar-refractivity contribution is -0.137. The Hall–Kier alpha value is -1.92. The first-order valence-corrected chi connectivity index (χ1v) is 9.88. The van der Waals surface area contributed by atoms with E-state index >= 15 is 0 Å². The van der Waals surface area contributed by atoms with Crippen molar-refractivity contribution in [3.63, 3.8) is 0 Å². The molecule has 0 spiro atoms. The van der Waals surface area contributed by atoms with E-state index < -0.39 is 5.97 Å². The van der Waals surface area contributed by atoms with Gasteiger partial charge in [0.15, 0.2) is 0 Å². The highest BCUT2D eigenvalue weighted by Crippen LogP contribution is 2.31. The van der Waals surface area contributed by atoms with Gasteiger partial charge in [-0.1, -0.05) is 23.7 Å². The van der Waals surface area contributed by atoms with Crippen molar-refractivity contribution >= 4 is 34.8 Å². The number of carboxylic acids is 1. The maximum Gasteiger partial charge on any atom is 0.303 e. The van der Waals surface area contributed by atoms with Crippen molar-refractivity contribution in [1.82, 2.24) is 9.88 Å². The number of hydrogen-bond donors (Lipinski definition) is 1. The molecule has 7 heteroatoms. The standard InChI is InChI=1S/C19H21ClN2O3S/c1-12-17(26-18(21-12)14-5-7-15(20)8-6-14)19(25)22-10-2-3-13(11-22)4-9-16(23)24/h5-8,13H,2-4,9-11H2,1H3,(H,23,24). The average molecular weight is 393 g/mol. The minimum Gasteiger partial charge on any atom is -0.481 e. The second kappa shape index (κ2) is 8.18. The van der Waals surface area contributed by atoms with E-state index in [2.05, 4.69) is 4.98 Å².